The number of benzene rings is 1. The molecule has 0 bridgehead atoms. The van der Waals surface area contributed by atoms with Gasteiger partial charge in [-0.05, 0) is 49.4 Å². The minimum absolute atomic E-state index is 0.0875. The number of carboxylic acid groups (broad SMARTS) is 1. The van der Waals surface area contributed by atoms with Gasteiger partial charge in [0.1, 0.15) is 0 Å². The fourth-order valence-electron chi connectivity index (χ4n) is 4.43. The van der Waals surface area contributed by atoms with Gasteiger partial charge in [-0.3, -0.25) is 9.88 Å². The standard InChI is InChI=1S/C22H28N4O.C2HF3O2/c27-22(24-16-18-6-2-1-3-7-18)26-15-10-19-9-13-25(14-11-21(19)26)17-20-8-4-5-12-23-20;3-2(4,5)1(6)7/h1-8,12,19,21H,9-11,13-17H2,(H,24,27);(H,6,7). The summed E-state index contributed by atoms with van der Waals surface area (Å²) in [6.07, 6.45) is 0.123. The van der Waals surface area contributed by atoms with Gasteiger partial charge in [0.2, 0.25) is 0 Å². The first-order valence-electron chi connectivity index (χ1n) is 11.2. The van der Waals surface area contributed by atoms with Crippen molar-refractivity contribution in [3.8, 4) is 0 Å². The topological polar surface area (TPSA) is 85.8 Å². The lowest BCUT2D eigenvalue weighted by atomic mass is 9.96. The highest BCUT2D eigenvalue weighted by Gasteiger charge is 2.39. The number of rotatable bonds is 4. The SMILES string of the molecule is O=C(NCc1ccccc1)N1CCC2CCN(Cc3ccccn3)CCC21.O=C(O)C(F)(F)F. The summed E-state index contributed by atoms with van der Waals surface area (Å²) in [5.74, 6) is -2.13. The molecule has 0 spiro atoms. The number of pyridine rings is 1. The summed E-state index contributed by atoms with van der Waals surface area (Å²) in [5, 5.41) is 10.2. The summed E-state index contributed by atoms with van der Waals surface area (Å²) in [6.45, 7) is 4.51. The molecule has 2 saturated heterocycles. The first-order chi connectivity index (χ1) is 16.2. The second kappa shape index (κ2) is 11.8. The van der Waals surface area contributed by atoms with Gasteiger partial charge >= 0.3 is 18.2 Å². The molecule has 4 rings (SSSR count). The monoisotopic (exact) mass is 478 g/mol. The van der Waals surface area contributed by atoms with E-state index in [9.17, 15) is 18.0 Å². The third kappa shape index (κ3) is 7.44. The molecule has 10 heteroatoms. The number of aliphatic carboxylic acids is 1. The number of aromatic nitrogens is 1. The summed E-state index contributed by atoms with van der Waals surface area (Å²) in [4.78, 5) is 30.7. The first kappa shape index (κ1) is 25.5. The van der Waals surface area contributed by atoms with Crippen molar-refractivity contribution in [2.24, 2.45) is 5.92 Å². The van der Waals surface area contributed by atoms with Crippen LogP contribution in [-0.4, -0.2) is 63.7 Å². The highest BCUT2D eigenvalue weighted by molar-refractivity contribution is 5.75. The van der Waals surface area contributed by atoms with Gasteiger partial charge < -0.3 is 15.3 Å². The first-order valence-corrected chi connectivity index (χ1v) is 11.2. The molecule has 0 saturated carbocycles. The van der Waals surface area contributed by atoms with Gasteiger partial charge in [0, 0.05) is 38.4 Å². The van der Waals surface area contributed by atoms with E-state index in [1.54, 1.807) is 0 Å². The third-order valence-electron chi connectivity index (χ3n) is 6.14. The van der Waals surface area contributed by atoms with Crippen molar-refractivity contribution in [1.82, 2.24) is 20.1 Å². The average molecular weight is 479 g/mol. The van der Waals surface area contributed by atoms with Crippen LogP contribution in [0.3, 0.4) is 0 Å². The normalized spacial score (nSPS) is 20.5. The number of amides is 2. The molecule has 0 radical (unpaired) electrons. The van der Waals surface area contributed by atoms with E-state index in [1.807, 2.05) is 48.7 Å². The van der Waals surface area contributed by atoms with Gasteiger partial charge in [0.15, 0.2) is 0 Å². The van der Waals surface area contributed by atoms with Crippen LogP contribution in [0.1, 0.15) is 30.5 Å². The summed E-state index contributed by atoms with van der Waals surface area (Å²) in [7, 11) is 0. The number of carbonyl (C=O) groups is 2. The zero-order valence-electron chi connectivity index (χ0n) is 18.7. The maximum atomic E-state index is 12.7. The minimum atomic E-state index is -5.08. The summed E-state index contributed by atoms with van der Waals surface area (Å²) < 4.78 is 31.7. The number of hydrogen-bond donors (Lipinski definition) is 2. The molecule has 1 aromatic carbocycles. The van der Waals surface area contributed by atoms with Crippen molar-refractivity contribution >= 4 is 12.0 Å². The zero-order chi connectivity index (χ0) is 24.6. The van der Waals surface area contributed by atoms with Crippen molar-refractivity contribution in [2.75, 3.05) is 19.6 Å². The van der Waals surface area contributed by atoms with E-state index in [0.717, 1.165) is 50.3 Å². The van der Waals surface area contributed by atoms with Crippen LogP contribution < -0.4 is 5.32 Å². The molecular formula is C24H29F3N4O3. The number of nitrogens with zero attached hydrogens (tertiary/aromatic N) is 3. The molecule has 0 aliphatic carbocycles. The van der Waals surface area contributed by atoms with Crippen LogP contribution in [0.5, 0.6) is 0 Å². The van der Waals surface area contributed by atoms with Crippen LogP contribution in [0.4, 0.5) is 18.0 Å². The Morgan fingerprint density at radius 3 is 2.29 bits per heavy atom. The largest absolute Gasteiger partial charge is 0.490 e. The second-order valence-corrected chi connectivity index (χ2v) is 8.43. The highest BCUT2D eigenvalue weighted by Crippen LogP contribution is 2.32. The smallest absolute Gasteiger partial charge is 0.475 e. The molecule has 184 valence electrons. The zero-order valence-corrected chi connectivity index (χ0v) is 18.7. The van der Waals surface area contributed by atoms with E-state index in [4.69, 9.17) is 9.90 Å². The lowest BCUT2D eigenvalue weighted by molar-refractivity contribution is -0.192. The number of carbonyl (C=O) groups excluding carboxylic acids is 1. The van der Waals surface area contributed by atoms with E-state index in [0.29, 0.717) is 18.5 Å². The van der Waals surface area contributed by atoms with E-state index in [1.165, 1.54) is 6.42 Å². The Labute approximate surface area is 196 Å². The van der Waals surface area contributed by atoms with Crippen molar-refractivity contribution in [2.45, 2.75) is 44.6 Å². The molecule has 2 N–H and O–H groups in total. The number of nitrogens with one attached hydrogen (secondary N) is 1. The molecule has 2 aromatic rings. The maximum Gasteiger partial charge on any atom is 0.490 e. The predicted molar refractivity (Wildman–Crippen MR) is 120 cm³/mol. The van der Waals surface area contributed by atoms with E-state index in [-0.39, 0.29) is 6.03 Å². The van der Waals surface area contributed by atoms with Crippen LogP contribution >= 0.6 is 0 Å². The fourth-order valence-corrected chi connectivity index (χ4v) is 4.43. The molecule has 2 aliphatic heterocycles. The summed E-state index contributed by atoms with van der Waals surface area (Å²) in [5.41, 5.74) is 2.27. The molecule has 2 unspecified atom stereocenters. The Hall–Kier alpha value is -3.14. The third-order valence-corrected chi connectivity index (χ3v) is 6.14. The lowest BCUT2D eigenvalue weighted by Gasteiger charge is -2.27. The number of fused-ring (bicyclic) bond motifs is 1. The van der Waals surface area contributed by atoms with Crippen LogP contribution in [0.25, 0.3) is 0 Å². The van der Waals surface area contributed by atoms with Crippen LogP contribution in [0.15, 0.2) is 54.7 Å². The van der Waals surface area contributed by atoms with Gasteiger partial charge in [-0.15, -0.1) is 0 Å². The van der Waals surface area contributed by atoms with Gasteiger partial charge in [-0.2, -0.15) is 13.2 Å². The van der Waals surface area contributed by atoms with E-state index in [2.05, 4.69) is 26.2 Å². The molecule has 3 heterocycles. The Morgan fingerprint density at radius 2 is 1.65 bits per heavy atom. The van der Waals surface area contributed by atoms with Crippen molar-refractivity contribution < 1.29 is 27.9 Å². The van der Waals surface area contributed by atoms with Crippen molar-refractivity contribution in [3.63, 3.8) is 0 Å². The molecule has 7 nitrogen and oxygen atoms in total. The maximum absolute atomic E-state index is 12.7. The Balaban J connectivity index is 0.000000406. The molecular weight excluding hydrogens is 449 g/mol. The number of halogens is 3. The number of likely N-dealkylation sites (tertiary alicyclic amines) is 2. The van der Waals surface area contributed by atoms with Crippen LogP contribution in [0, 0.1) is 5.92 Å². The van der Waals surface area contributed by atoms with Crippen molar-refractivity contribution in [3.05, 3.63) is 66.0 Å². The molecule has 1 aromatic heterocycles. The van der Waals surface area contributed by atoms with Gasteiger partial charge in [0.05, 0.1) is 5.69 Å². The number of urea groups is 1. The summed E-state index contributed by atoms with van der Waals surface area (Å²) >= 11 is 0. The molecule has 2 aliphatic rings. The molecule has 2 amide bonds. The van der Waals surface area contributed by atoms with Gasteiger partial charge in [0.25, 0.3) is 0 Å². The van der Waals surface area contributed by atoms with E-state index >= 15 is 0 Å². The van der Waals surface area contributed by atoms with Crippen molar-refractivity contribution in [1.29, 1.82) is 0 Å². The average Bonchev–Trinajstić information content (AvgIpc) is 3.13. The lowest BCUT2D eigenvalue weighted by Crippen LogP contribution is -2.44. The molecule has 2 fully saturated rings. The van der Waals surface area contributed by atoms with Gasteiger partial charge in [-0.1, -0.05) is 36.4 Å². The Bertz CT molecular complexity index is 928. The highest BCUT2D eigenvalue weighted by atomic mass is 19.4. The Morgan fingerprint density at radius 1 is 1.00 bits per heavy atom. The quantitative estimate of drug-likeness (QED) is 0.696. The number of carboxylic acids is 1. The Kier molecular flexibility index (Phi) is 8.86. The van der Waals surface area contributed by atoms with Crippen LogP contribution in [0.2, 0.25) is 0 Å². The van der Waals surface area contributed by atoms with Crippen LogP contribution in [-0.2, 0) is 17.9 Å². The minimum Gasteiger partial charge on any atom is -0.475 e. The molecule has 34 heavy (non-hydrogen) atoms. The number of alkyl halides is 3. The van der Waals surface area contributed by atoms with Gasteiger partial charge in [-0.25, -0.2) is 9.59 Å². The second-order valence-electron chi connectivity index (χ2n) is 8.43. The predicted octanol–water partition coefficient (Wildman–Crippen LogP) is 3.91. The number of hydrogen-bond acceptors (Lipinski definition) is 4. The van der Waals surface area contributed by atoms with E-state index < -0.39 is 12.1 Å². The molecule has 2 atom stereocenters. The fraction of sp³-hybridized carbons (Fsp3) is 0.458. The summed E-state index contributed by atoms with van der Waals surface area (Å²) in [6, 6.07) is 16.7.